The lowest BCUT2D eigenvalue weighted by atomic mass is 10.0. The number of amides is 1. The number of carbonyl (C=O) groups excluding carboxylic acids is 2. The van der Waals surface area contributed by atoms with Crippen molar-refractivity contribution in [3.05, 3.63) is 45.6 Å². The Labute approximate surface area is 190 Å². The van der Waals surface area contributed by atoms with Crippen LogP contribution in [0.15, 0.2) is 30.5 Å². The van der Waals surface area contributed by atoms with Crippen LogP contribution in [0.2, 0.25) is 0 Å². The fourth-order valence-electron chi connectivity index (χ4n) is 2.74. The number of nitro benzene ring substituents is 1. The quantitative estimate of drug-likeness (QED) is 0.393. The van der Waals surface area contributed by atoms with Crippen molar-refractivity contribution >= 4 is 28.9 Å². The molecule has 1 amide bonds. The first-order chi connectivity index (χ1) is 15.2. The van der Waals surface area contributed by atoms with Crippen molar-refractivity contribution in [3.63, 3.8) is 0 Å². The number of hydrogen-bond donors (Lipinski definition) is 1. The number of likely N-dealkylation sites (N-methyl/N-ethyl adjacent to an activating group) is 1. The zero-order valence-corrected chi connectivity index (χ0v) is 19.4. The van der Waals surface area contributed by atoms with Crippen LogP contribution in [0, 0.1) is 16.0 Å². The van der Waals surface area contributed by atoms with Gasteiger partial charge in [0.05, 0.1) is 30.1 Å². The number of aromatic nitrogens is 1. The van der Waals surface area contributed by atoms with Gasteiger partial charge in [0.25, 0.3) is 11.6 Å². The highest BCUT2D eigenvalue weighted by molar-refractivity contribution is 7.17. The van der Waals surface area contributed by atoms with Gasteiger partial charge in [0.2, 0.25) is 0 Å². The molecular weight excluding hydrogens is 436 g/mol. The van der Waals surface area contributed by atoms with Crippen molar-refractivity contribution in [1.29, 1.82) is 0 Å². The second kappa shape index (κ2) is 12.2. The Morgan fingerprint density at radius 2 is 1.88 bits per heavy atom. The Morgan fingerprint density at radius 3 is 2.34 bits per heavy atom. The third kappa shape index (κ3) is 7.36. The molecule has 1 N–H and O–H groups in total. The molecule has 10 nitrogen and oxygen atoms in total. The van der Waals surface area contributed by atoms with Crippen molar-refractivity contribution in [2.75, 3.05) is 40.5 Å². The highest BCUT2D eigenvalue weighted by Crippen LogP contribution is 2.27. The molecule has 2 heterocycles. The number of nitro groups is 1. The molecule has 174 valence electrons. The largest absolute Gasteiger partial charge is 0.467 e. The van der Waals surface area contributed by atoms with Gasteiger partial charge >= 0.3 is 5.97 Å². The standard InChI is InChI=1S/C16H17N3O5S.C5H11NO/c1-9(2)13(16(21)24-3)18-14(20)15-17-8-12(25-15)10-4-6-11(7-5-10)19(22)23;1-6-2-4-7-5-3-6/h4-9,13H,1-3H3,(H,18,20);2-5H2,1H3. The maximum absolute atomic E-state index is 12.3. The Hall–Kier alpha value is -2.89. The topological polar surface area (TPSA) is 124 Å². The zero-order chi connectivity index (χ0) is 23.7. The van der Waals surface area contributed by atoms with E-state index in [1.54, 1.807) is 26.0 Å². The van der Waals surface area contributed by atoms with Crippen LogP contribution < -0.4 is 5.32 Å². The number of benzene rings is 1. The van der Waals surface area contributed by atoms with E-state index in [1.165, 1.54) is 25.4 Å². The van der Waals surface area contributed by atoms with Gasteiger partial charge in [-0.1, -0.05) is 13.8 Å². The number of hydrogen-bond acceptors (Lipinski definition) is 9. The van der Waals surface area contributed by atoms with Crippen molar-refractivity contribution in [1.82, 2.24) is 15.2 Å². The molecule has 1 aromatic heterocycles. The molecule has 1 aliphatic rings. The molecule has 3 rings (SSSR count). The number of nitrogens with one attached hydrogen (secondary N) is 1. The average molecular weight is 465 g/mol. The molecule has 2 aromatic rings. The van der Waals surface area contributed by atoms with Gasteiger partial charge in [0.15, 0.2) is 5.01 Å². The first-order valence-electron chi connectivity index (χ1n) is 10.1. The molecule has 1 aliphatic heterocycles. The van der Waals surface area contributed by atoms with Gasteiger partial charge < -0.3 is 19.7 Å². The molecule has 1 fully saturated rings. The van der Waals surface area contributed by atoms with Crippen LogP contribution in [-0.4, -0.2) is 73.2 Å². The summed E-state index contributed by atoms with van der Waals surface area (Å²) in [7, 11) is 3.38. The van der Waals surface area contributed by atoms with Gasteiger partial charge in [-0.2, -0.15) is 0 Å². The van der Waals surface area contributed by atoms with Gasteiger partial charge in [-0.05, 0) is 30.7 Å². The molecule has 32 heavy (non-hydrogen) atoms. The molecule has 1 aromatic carbocycles. The van der Waals surface area contributed by atoms with E-state index in [0.29, 0.717) is 4.88 Å². The van der Waals surface area contributed by atoms with Crippen LogP contribution >= 0.6 is 11.3 Å². The summed E-state index contributed by atoms with van der Waals surface area (Å²) in [6, 6.07) is 5.21. The summed E-state index contributed by atoms with van der Waals surface area (Å²) < 4.78 is 9.79. The van der Waals surface area contributed by atoms with E-state index in [1.807, 2.05) is 0 Å². The van der Waals surface area contributed by atoms with Crippen LogP contribution in [0.25, 0.3) is 10.4 Å². The Kier molecular flexibility index (Phi) is 9.69. The normalized spacial score (nSPS) is 14.8. The van der Waals surface area contributed by atoms with Crippen molar-refractivity contribution in [2.24, 2.45) is 5.92 Å². The van der Waals surface area contributed by atoms with E-state index < -0.39 is 22.8 Å². The first kappa shape index (κ1) is 25.4. The third-order valence-electron chi connectivity index (χ3n) is 4.71. The van der Waals surface area contributed by atoms with Gasteiger partial charge in [0, 0.05) is 31.4 Å². The first-order valence-corrected chi connectivity index (χ1v) is 10.9. The van der Waals surface area contributed by atoms with Gasteiger partial charge in [-0.25, -0.2) is 9.78 Å². The number of esters is 1. The summed E-state index contributed by atoms with van der Waals surface area (Å²) in [4.78, 5) is 41.3. The van der Waals surface area contributed by atoms with E-state index >= 15 is 0 Å². The van der Waals surface area contributed by atoms with Gasteiger partial charge in [-0.3, -0.25) is 14.9 Å². The molecule has 11 heteroatoms. The van der Waals surface area contributed by atoms with Crippen LogP contribution in [0.5, 0.6) is 0 Å². The monoisotopic (exact) mass is 464 g/mol. The second-order valence-corrected chi connectivity index (χ2v) is 8.50. The van der Waals surface area contributed by atoms with Gasteiger partial charge in [-0.15, -0.1) is 11.3 Å². The van der Waals surface area contributed by atoms with E-state index in [0.717, 1.165) is 43.2 Å². The fraction of sp³-hybridized carbons (Fsp3) is 0.476. The number of methoxy groups -OCH3 is 1. The SMILES string of the molecule is CN1CCOCC1.COC(=O)C(NC(=O)c1ncc(-c2ccc([N+](=O)[O-])cc2)s1)C(C)C. The molecule has 1 unspecified atom stereocenters. The molecule has 0 saturated carbocycles. The molecular formula is C21H28N4O6S. The van der Waals surface area contributed by atoms with E-state index in [2.05, 4.69) is 27.0 Å². The third-order valence-corrected chi connectivity index (χ3v) is 5.75. The summed E-state index contributed by atoms with van der Waals surface area (Å²) >= 11 is 1.14. The Balaban J connectivity index is 0.000000439. The Morgan fingerprint density at radius 1 is 1.25 bits per heavy atom. The van der Waals surface area contributed by atoms with Crippen LogP contribution in [0.4, 0.5) is 5.69 Å². The smallest absolute Gasteiger partial charge is 0.328 e. The second-order valence-electron chi connectivity index (χ2n) is 7.47. The molecule has 0 aliphatic carbocycles. The lowest BCUT2D eigenvalue weighted by Gasteiger charge is -2.21. The highest BCUT2D eigenvalue weighted by atomic mass is 32.1. The summed E-state index contributed by atoms with van der Waals surface area (Å²) in [5.41, 5.74) is 0.708. The Bertz CT molecular complexity index is 909. The van der Waals surface area contributed by atoms with E-state index in [4.69, 9.17) is 4.74 Å². The molecule has 1 saturated heterocycles. The highest BCUT2D eigenvalue weighted by Gasteiger charge is 2.26. The minimum absolute atomic E-state index is 0.0101. The fourth-order valence-corrected chi connectivity index (χ4v) is 3.57. The number of thiazole rings is 1. The predicted octanol–water partition coefficient (Wildman–Crippen LogP) is 2.59. The van der Waals surface area contributed by atoms with Crippen LogP contribution in [0.1, 0.15) is 23.6 Å². The minimum atomic E-state index is -0.760. The minimum Gasteiger partial charge on any atom is -0.467 e. The van der Waals surface area contributed by atoms with Crippen LogP contribution in [0.3, 0.4) is 0 Å². The summed E-state index contributed by atoms with van der Waals surface area (Å²) in [6.07, 6.45) is 1.52. The predicted molar refractivity (Wildman–Crippen MR) is 121 cm³/mol. The van der Waals surface area contributed by atoms with Crippen molar-refractivity contribution in [3.8, 4) is 10.4 Å². The summed E-state index contributed by atoms with van der Waals surface area (Å²) in [6.45, 7) is 7.62. The summed E-state index contributed by atoms with van der Waals surface area (Å²) in [5.74, 6) is -1.12. The summed E-state index contributed by atoms with van der Waals surface area (Å²) in [5, 5.41) is 13.5. The lowest BCUT2D eigenvalue weighted by Crippen LogP contribution is -2.44. The number of rotatable bonds is 6. The molecule has 0 bridgehead atoms. The number of ether oxygens (including phenoxy) is 2. The van der Waals surface area contributed by atoms with E-state index in [-0.39, 0.29) is 16.6 Å². The maximum Gasteiger partial charge on any atom is 0.328 e. The van der Waals surface area contributed by atoms with Crippen LogP contribution in [-0.2, 0) is 14.3 Å². The number of carbonyl (C=O) groups is 2. The van der Waals surface area contributed by atoms with Crippen molar-refractivity contribution < 1.29 is 24.0 Å². The van der Waals surface area contributed by atoms with Crippen molar-refractivity contribution in [2.45, 2.75) is 19.9 Å². The zero-order valence-electron chi connectivity index (χ0n) is 18.6. The molecule has 0 radical (unpaired) electrons. The maximum atomic E-state index is 12.3. The number of morpholine rings is 1. The molecule has 1 atom stereocenters. The van der Waals surface area contributed by atoms with E-state index in [9.17, 15) is 19.7 Å². The lowest BCUT2D eigenvalue weighted by molar-refractivity contribution is -0.384. The average Bonchev–Trinajstić information content (AvgIpc) is 3.28. The van der Waals surface area contributed by atoms with Gasteiger partial charge in [0.1, 0.15) is 6.04 Å². The molecule has 0 spiro atoms. The number of non-ortho nitro benzene ring substituents is 1. The number of nitrogens with zero attached hydrogens (tertiary/aromatic N) is 3.